The third kappa shape index (κ3) is 2.12. The average molecular weight is 300 g/mol. The molecule has 0 radical (unpaired) electrons. The van der Waals surface area contributed by atoms with Crippen molar-refractivity contribution in [2.24, 2.45) is 0 Å². The highest BCUT2D eigenvalue weighted by Crippen LogP contribution is 2.35. The maximum Gasteiger partial charge on any atom is 0.177 e. The van der Waals surface area contributed by atoms with Gasteiger partial charge in [0.2, 0.25) is 0 Å². The second kappa shape index (κ2) is 4.80. The van der Waals surface area contributed by atoms with Crippen LogP contribution in [0.1, 0.15) is 0 Å². The van der Waals surface area contributed by atoms with Crippen LogP contribution in [0.2, 0.25) is 0 Å². The average Bonchev–Trinajstić information content (AvgIpc) is 3.07. The van der Waals surface area contributed by atoms with Crippen LogP contribution in [0.5, 0.6) is 0 Å². The number of nitrogens with one attached hydrogen (secondary N) is 2. The Morgan fingerprint density at radius 2 is 1.45 bits per heavy atom. The normalized spacial score (nSPS) is 11.4. The molecule has 4 heterocycles. The van der Waals surface area contributed by atoms with Crippen LogP contribution in [0.4, 0.5) is 0 Å². The van der Waals surface area contributed by atoms with Gasteiger partial charge in [0.1, 0.15) is 5.52 Å². The van der Waals surface area contributed by atoms with E-state index in [-0.39, 0.29) is 0 Å². The number of hydrogen-bond acceptors (Lipinski definition) is 6. The number of rotatable bonds is 3. The zero-order valence-electron chi connectivity index (χ0n) is 10.1. The maximum absolute atomic E-state index is 4.47. The Balaban J connectivity index is 1.57. The molecule has 0 aliphatic carbocycles. The molecule has 0 bridgehead atoms. The Kier molecular flexibility index (Phi) is 2.82. The Labute approximate surface area is 121 Å². The highest BCUT2D eigenvalue weighted by molar-refractivity contribution is 8.76. The molecule has 4 rings (SSSR count). The molecule has 4 aromatic heterocycles. The van der Waals surface area contributed by atoms with E-state index in [1.54, 1.807) is 24.8 Å². The van der Waals surface area contributed by atoms with Crippen LogP contribution in [0.25, 0.3) is 22.1 Å². The van der Waals surface area contributed by atoms with Crippen molar-refractivity contribution >= 4 is 43.7 Å². The lowest BCUT2D eigenvalue weighted by atomic mass is 10.4. The second-order valence-corrected chi connectivity index (χ2v) is 6.14. The first-order valence-corrected chi connectivity index (χ1v) is 7.97. The van der Waals surface area contributed by atoms with Crippen molar-refractivity contribution in [3.63, 3.8) is 0 Å². The fraction of sp³-hybridized carbons (Fsp3) is 0. The van der Waals surface area contributed by atoms with E-state index in [0.717, 1.165) is 32.4 Å². The molecule has 0 aliphatic rings. The number of H-pyrrole nitrogens is 2. The van der Waals surface area contributed by atoms with E-state index in [1.165, 1.54) is 21.6 Å². The summed E-state index contributed by atoms with van der Waals surface area (Å²) in [5, 5.41) is 1.66. The number of aromatic nitrogens is 6. The van der Waals surface area contributed by atoms with Crippen LogP contribution in [0.15, 0.2) is 47.2 Å². The van der Waals surface area contributed by atoms with Crippen LogP contribution < -0.4 is 0 Å². The first-order chi connectivity index (χ1) is 9.88. The van der Waals surface area contributed by atoms with Gasteiger partial charge in [0, 0.05) is 12.4 Å². The zero-order chi connectivity index (χ0) is 13.4. The van der Waals surface area contributed by atoms with Crippen molar-refractivity contribution < 1.29 is 0 Å². The Morgan fingerprint density at radius 3 is 2.25 bits per heavy atom. The molecule has 0 saturated carbocycles. The molecule has 4 aromatic rings. The third-order valence-electron chi connectivity index (χ3n) is 2.72. The molecule has 98 valence electrons. The van der Waals surface area contributed by atoms with Gasteiger partial charge in [-0.05, 0) is 33.7 Å². The van der Waals surface area contributed by atoms with Gasteiger partial charge in [-0.15, -0.1) is 0 Å². The molecule has 0 amide bonds. The van der Waals surface area contributed by atoms with E-state index in [1.807, 2.05) is 12.1 Å². The number of pyridine rings is 2. The number of hydrogen-bond donors (Lipinski definition) is 2. The third-order valence-corrected chi connectivity index (χ3v) is 4.71. The molecule has 0 fully saturated rings. The summed E-state index contributed by atoms with van der Waals surface area (Å²) in [6.07, 6.45) is 6.99. The van der Waals surface area contributed by atoms with Crippen molar-refractivity contribution in [2.45, 2.75) is 10.3 Å². The molecule has 0 aromatic carbocycles. The molecular formula is C12H8N6S2. The Morgan fingerprint density at radius 1 is 0.750 bits per heavy atom. The van der Waals surface area contributed by atoms with Crippen LogP contribution >= 0.6 is 21.6 Å². The summed E-state index contributed by atoms with van der Waals surface area (Å²) in [7, 11) is 3.05. The van der Waals surface area contributed by atoms with E-state index in [9.17, 15) is 0 Å². The van der Waals surface area contributed by atoms with E-state index in [0.29, 0.717) is 0 Å². The molecule has 0 spiro atoms. The second-order valence-electron chi connectivity index (χ2n) is 4.04. The maximum atomic E-state index is 4.47. The standard InChI is InChI=1S/C12H8N6S2/c1-3-13-5-9-7(1)15-11(17-9)19-20-12-16-8-2-4-14-6-10(8)18-12/h1-6H,(H,15,17)(H,16,18). The first kappa shape index (κ1) is 11.7. The molecule has 20 heavy (non-hydrogen) atoms. The predicted octanol–water partition coefficient (Wildman–Crippen LogP) is 3.03. The van der Waals surface area contributed by atoms with Crippen molar-refractivity contribution in [1.29, 1.82) is 0 Å². The smallest absolute Gasteiger partial charge is 0.177 e. The zero-order valence-corrected chi connectivity index (χ0v) is 11.7. The van der Waals surface area contributed by atoms with Gasteiger partial charge in [-0.1, -0.05) is 0 Å². The van der Waals surface area contributed by atoms with E-state index in [4.69, 9.17) is 0 Å². The summed E-state index contributed by atoms with van der Waals surface area (Å²) in [5.41, 5.74) is 3.70. The van der Waals surface area contributed by atoms with Crippen molar-refractivity contribution in [1.82, 2.24) is 29.9 Å². The van der Waals surface area contributed by atoms with E-state index < -0.39 is 0 Å². The lowest BCUT2D eigenvalue weighted by Crippen LogP contribution is -1.72. The lowest BCUT2D eigenvalue weighted by molar-refractivity contribution is 1.08. The fourth-order valence-electron chi connectivity index (χ4n) is 1.82. The first-order valence-electron chi connectivity index (χ1n) is 5.82. The molecule has 2 N–H and O–H groups in total. The summed E-state index contributed by atoms with van der Waals surface area (Å²) >= 11 is 0. The molecule has 8 heteroatoms. The van der Waals surface area contributed by atoms with Crippen LogP contribution in [0, 0.1) is 0 Å². The summed E-state index contributed by atoms with van der Waals surface area (Å²) in [4.78, 5) is 23.5. The van der Waals surface area contributed by atoms with Crippen molar-refractivity contribution in [3.8, 4) is 0 Å². The molecule has 0 unspecified atom stereocenters. The van der Waals surface area contributed by atoms with E-state index in [2.05, 4.69) is 29.9 Å². The summed E-state index contributed by atoms with van der Waals surface area (Å²) < 4.78 is 0. The van der Waals surface area contributed by atoms with Gasteiger partial charge in [0.05, 0.1) is 28.9 Å². The van der Waals surface area contributed by atoms with Crippen LogP contribution in [-0.4, -0.2) is 29.9 Å². The molecule has 0 atom stereocenters. The minimum Gasteiger partial charge on any atom is -0.332 e. The van der Waals surface area contributed by atoms with Gasteiger partial charge < -0.3 is 9.97 Å². The Hall–Kier alpha value is -2.06. The van der Waals surface area contributed by atoms with Gasteiger partial charge >= 0.3 is 0 Å². The predicted molar refractivity (Wildman–Crippen MR) is 79.5 cm³/mol. The topological polar surface area (TPSA) is 83.1 Å². The van der Waals surface area contributed by atoms with Crippen LogP contribution in [0.3, 0.4) is 0 Å². The lowest BCUT2D eigenvalue weighted by Gasteiger charge is -1.91. The summed E-state index contributed by atoms with van der Waals surface area (Å²) in [6, 6.07) is 3.79. The molecule has 0 saturated heterocycles. The van der Waals surface area contributed by atoms with Crippen LogP contribution in [-0.2, 0) is 0 Å². The number of fused-ring (bicyclic) bond motifs is 2. The van der Waals surface area contributed by atoms with E-state index >= 15 is 0 Å². The molecular weight excluding hydrogens is 292 g/mol. The minimum absolute atomic E-state index is 0.830. The largest absolute Gasteiger partial charge is 0.332 e. The number of nitrogens with zero attached hydrogens (tertiary/aromatic N) is 4. The molecule has 6 nitrogen and oxygen atoms in total. The van der Waals surface area contributed by atoms with Crippen molar-refractivity contribution in [2.75, 3.05) is 0 Å². The Bertz CT molecular complexity index is 744. The monoisotopic (exact) mass is 300 g/mol. The molecule has 0 aliphatic heterocycles. The van der Waals surface area contributed by atoms with Gasteiger partial charge in [-0.25, -0.2) is 9.97 Å². The highest BCUT2D eigenvalue weighted by atomic mass is 33.1. The van der Waals surface area contributed by atoms with Crippen molar-refractivity contribution in [3.05, 3.63) is 36.9 Å². The SMILES string of the molecule is c1cc2[nH]c(SSc3nc4ccncc4[nH]3)nc2cn1. The summed E-state index contributed by atoms with van der Waals surface area (Å²) in [6.45, 7) is 0. The van der Waals surface area contributed by atoms with Gasteiger partial charge in [-0.3, -0.25) is 9.97 Å². The van der Waals surface area contributed by atoms with Gasteiger partial charge in [0.15, 0.2) is 10.3 Å². The van der Waals surface area contributed by atoms with Gasteiger partial charge in [-0.2, -0.15) is 0 Å². The highest BCUT2D eigenvalue weighted by Gasteiger charge is 2.07. The summed E-state index contributed by atoms with van der Waals surface area (Å²) in [5.74, 6) is 0. The minimum atomic E-state index is 0.830. The number of imidazole rings is 2. The fourth-order valence-corrected chi connectivity index (χ4v) is 3.50. The van der Waals surface area contributed by atoms with Gasteiger partial charge in [0.25, 0.3) is 0 Å². The quantitative estimate of drug-likeness (QED) is 0.566. The number of aromatic amines is 2.